The van der Waals surface area contributed by atoms with E-state index in [0.29, 0.717) is 11.3 Å². The average molecular weight is 276 g/mol. The van der Waals surface area contributed by atoms with Crippen LogP contribution in [0.4, 0.5) is 13.2 Å². The molecule has 2 heterocycles. The summed E-state index contributed by atoms with van der Waals surface area (Å²) in [6.45, 7) is 0. The molecule has 20 heavy (non-hydrogen) atoms. The molecule has 0 saturated carbocycles. The molecule has 0 atom stereocenters. The predicted molar refractivity (Wildman–Crippen MR) is 64.9 cm³/mol. The molecule has 100 valence electrons. The summed E-state index contributed by atoms with van der Waals surface area (Å²) in [5.74, 6) is -3.26. The molecule has 0 aliphatic rings. The van der Waals surface area contributed by atoms with Crippen molar-refractivity contribution in [1.82, 2.24) is 20.2 Å². The summed E-state index contributed by atoms with van der Waals surface area (Å²) in [6, 6.07) is 3.00. The second kappa shape index (κ2) is 4.76. The van der Waals surface area contributed by atoms with Gasteiger partial charge in [-0.2, -0.15) is 5.10 Å². The van der Waals surface area contributed by atoms with Gasteiger partial charge in [0.15, 0.2) is 11.6 Å². The standard InChI is InChI=1S/C13H7F3N4/c14-8-1-2-9(15)13(16)12(8)11-3-10(19-20-11)7-4-17-6-18-5-7/h1-6H,(H,19,20). The third-order valence-electron chi connectivity index (χ3n) is 2.75. The van der Waals surface area contributed by atoms with Gasteiger partial charge in [-0.05, 0) is 18.2 Å². The van der Waals surface area contributed by atoms with Gasteiger partial charge in [0.1, 0.15) is 12.1 Å². The normalized spacial score (nSPS) is 10.8. The van der Waals surface area contributed by atoms with E-state index in [1.165, 1.54) is 24.8 Å². The van der Waals surface area contributed by atoms with Gasteiger partial charge in [0, 0.05) is 18.0 Å². The Morgan fingerprint density at radius 3 is 2.40 bits per heavy atom. The molecule has 0 aliphatic carbocycles. The van der Waals surface area contributed by atoms with E-state index >= 15 is 0 Å². The van der Waals surface area contributed by atoms with E-state index in [9.17, 15) is 13.2 Å². The first kappa shape index (κ1) is 12.3. The number of hydrogen-bond donors (Lipinski definition) is 1. The van der Waals surface area contributed by atoms with Gasteiger partial charge in [-0.25, -0.2) is 23.1 Å². The minimum Gasteiger partial charge on any atom is -0.277 e. The zero-order valence-electron chi connectivity index (χ0n) is 9.94. The fourth-order valence-corrected chi connectivity index (χ4v) is 1.80. The highest BCUT2D eigenvalue weighted by atomic mass is 19.2. The van der Waals surface area contributed by atoms with Crippen LogP contribution in [0, 0.1) is 17.5 Å². The molecule has 1 N–H and O–H groups in total. The second-order valence-corrected chi connectivity index (χ2v) is 4.01. The van der Waals surface area contributed by atoms with Gasteiger partial charge in [-0.1, -0.05) is 0 Å². The molecule has 2 aromatic heterocycles. The van der Waals surface area contributed by atoms with Gasteiger partial charge in [0.2, 0.25) is 0 Å². The fraction of sp³-hybridized carbons (Fsp3) is 0. The van der Waals surface area contributed by atoms with Gasteiger partial charge < -0.3 is 0 Å². The van der Waals surface area contributed by atoms with Gasteiger partial charge in [-0.15, -0.1) is 0 Å². The van der Waals surface area contributed by atoms with Crippen LogP contribution in [0.15, 0.2) is 36.9 Å². The molecule has 0 bridgehead atoms. The molecule has 0 unspecified atom stereocenters. The summed E-state index contributed by atoms with van der Waals surface area (Å²) in [5.41, 5.74) is 0.537. The molecule has 1 aromatic carbocycles. The lowest BCUT2D eigenvalue weighted by Crippen LogP contribution is -1.94. The highest BCUT2D eigenvalue weighted by Gasteiger charge is 2.18. The molecule has 7 heteroatoms. The van der Waals surface area contributed by atoms with Crippen molar-refractivity contribution in [1.29, 1.82) is 0 Å². The maximum atomic E-state index is 13.7. The molecule has 0 spiro atoms. The molecule has 0 fully saturated rings. The van der Waals surface area contributed by atoms with E-state index in [1.54, 1.807) is 0 Å². The summed E-state index contributed by atoms with van der Waals surface area (Å²) < 4.78 is 40.5. The highest BCUT2D eigenvalue weighted by Crippen LogP contribution is 2.28. The maximum absolute atomic E-state index is 13.7. The summed E-state index contributed by atoms with van der Waals surface area (Å²) in [5, 5.41) is 6.39. The highest BCUT2D eigenvalue weighted by molar-refractivity contribution is 5.68. The number of H-pyrrole nitrogens is 1. The largest absolute Gasteiger partial charge is 0.277 e. The second-order valence-electron chi connectivity index (χ2n) is 4.01. The Morgan fingerprint density at radius 2 is 1.65 bits per heavy atom. The molecule has 0 amide bonds. The topological polar surface area (TPSA) is 54.5 Å². The first-order chi connectivity index (χ1) is 9.66. The van der Waals surface area contributed by atoms with Crippen LogP contribution < -0.4 is 0 Å². The molecule has 0 aliphatic heterocycles. The fourth-order valence-electron chi connectivity index (χ4n) is 1.80. The number of aromatic amines is 1. The number of halogens is 3. The van der Waals surface area contributed by atoms with Crippen LogP contribution in [0.5, 0.6) is 0 Å². The zero-order valence-corrected chi connectivity index (χ0v) is 9.94. The zero-order chi connectivity index (χ0) is 14.1. The van der Waals surface area contributed by atoms with Crippen molar-refractivity contribution in [2.75, 3.05) is 0 Å². The number of rotatable bonds is 2. The smallest absolute Gasteiger partial charge is 0.171 e. The van der Waals surface area contributed by atoms with Crippen molar-refractivity contribution < 1.29 is 13.2 Å². The Labute approximate surface area is 111 Å². The number of nitrogens with one attached hydrogen (secondary N) is 1. The summed E-state index contributed by atoms with van der Waals surface area (Å²) in [4.78, 5) is 7.64. The minimum absolute atomic E-state index is 0.0401. The number of nitrogens with zero attached hydrogens (tertiary/aromatic N) is 3. The van der Waals surface area contributed by atoms with Crippen LogP contribution in [0.3, 0.4) is 0 Å². The molecule has 3 rings (SSSR count). The van der Waals surface area contributed by atoms with E-state index < -0.39 is 23.0 Å². The SMILES string of the molecule is Fc1ccc(F)c(-c2cc(-c3cncnc3)n[nH]2)c1F. The van der Waals surface area contributed by atoms with E-state index in [0.717, 1.165) is 12.1 Å². The molecule has 0 saturated heterocycles. The lowest BCUT2D eigenvalue weighted by atomic mass is 10.1. The van der Waals surface area contributed by atoms with Crippen LogP contribution in [0.25, 0.3) is 22.5 Å². The number of hydrogen-bond acceptors (Lipinski definition) is 3. The Hall–Kier alpha value is -2.70. The summed E-state index contributed by atoms with van der Waals surface area (Å²) in [7, 11) is 0. The first-order valence-corrected chi connectivity index (χ1v) is 5.61. The molecular formula is C13H7F3N4. The predicted octanol–water partition coefficient (Wildman–Crippen LogP) is 2.95. The van der Waals surface area contributed by atoms with Gasteiger partial charge >= 0.3 is 0 Å². The van der Waals surface area contributed by atoms with Crippen molar-refractivity contribution >= 4 is 0 Å². The Morgan fingerprint density at radius 1 is 0.950 bits per heavy atom. The Bertz CT molecular complexity index is 756. The van der Waals surface area contributed by atoms with Crippen molar-refractivity contribution in [2.45, 2.75) is 0 Å². The third kappa shape index (κ3) is 2.03. The molecule has 4 nitrogen and oxygen atoms in total. The average Bonchev–Trinajstić information content (AvgIpc) is 2.94. The number of aromatic nitrogens is 4. The van der Waals surface area contributed by atoms with E-state index in [-0.39, 0.29) is 5.69 Å². The Balaban J connectivity index is 2.10. The summed E-state index contributed by atoms with van der Waals surface area (Å²) >= 11 is 0. The quantitative estimate of drug-likeness (QED) is 0.732. The number of benzene rings is 1. The van der Waals surface area contributed by atoms with Crippen molar-refractivity contribution in [3.05, 3.63) is 54.4 Å². The first-order valence-electron chi connectivity index (χ1n) is 5.61. The minimum atomic E-state index is -1.26. The van der Waals surface area contributed by atoms with E-state index in [2.05, 4.69) is 20.2 Å². The molecular weight excluding hydrogens is 269 g/mol. The Kier molecular flexibility index (Phi) is 2.94. The van der Waals surface area contributed by atoms with Crippen LogP contribution >= 0.6 is 0 Å². The van der Waals surface area contributed by atoms with E-state index in [4.69, 9.17) is 0 Å². The monoisotopic (exact) mass is 276 g/mol. The van der Waals surface area contributed by atoms with E-state index in [1.807, 2.05) is 0 Å². The van der Waals surface area contributed by atoms with Crippen LogP contribution in [0.2, 0.25) is 0 Å². The van der Waals surface area contributed by atoms with Crippen LogP contribution in [-0.2, 0) is 0 Å². The lowest BCUT2D eigenvalue weighted by molar-refractivity contribution is 0.498. The molecule has 3 aromatic rings. The van der Waals surface area contributed by atoms with Crippen molar-refractivity contribution in [3.8, 4) is 22.5 Å². The molecule has 0 radical (unpaired) electrons. The third-order valence-corrected chi connectivity index (χ3v) is 2.75. The summed E-state index contributed by atoms with van der Waals surface area (Å²) in [6.07, 6.45) is 4.36. The van der Waals surface area contributed by atoms with Gasteiger partial charge in [0.25, 0.3) is 0 Å². The van der Waals surface area contributed by atoms with Crippen LogP contribution in [0.1, 0.15) is 0 Å². The van der Waals surface area contributed by atoms with Crippen molar-refractivity contribution in [3.63, 3.8) is 0 Å². The maximum Gasteiger partial charge on any atom is 0.171 e. The lowest BCUT2D eigenvalue weighted by Gasteiger charge is -2.02. The van der Waals surface area contributed by atoms with Gasteiger partial charge in [-0.3, -0.25) is 5.10 Å². The van der Waals surface area contributed by atoms with Crippen molar-refractivity contribution in [2.24, 2.45) is 0 Å². The van der Waals surface area contributed by atoms with Crippen LogP contribution in [-0.4, -0.2) is 20.2 Å². The van der Waals surface area contributed by atoms with Gasteiger partial charge in [0.05, 0.1) is 17.0 Å².